The minimum absolute atomic E-state index is 0.142. The number of hydrogen-bond acceptors (Lipinski definition) is 0. The van der Waals surface area contributed by atoms with Crippen molar-refractivity contribution in [2.75, 3.05) is 0 Å². The van der Waals surface area contributed by atoms with Gasteiger partial charge in [0.25, 0.3) is 0 Å². The van der Waals surface area contributed by atoms with Crippen LogP contribution in [-0.4, -0.2) is 28.3 Å². The Morgan fingerprint density at radius 1 is 0.500 bits per heavy atom. The molecule has 0 atom stereocenters. The second-order valence-corrected chi connectivity index (χ2v) is 25.9. The molecular formula is C28H55Al2+. The van der Waals surface area contributed by atoms with Crippen molar-refractivity contribution in [1.82, 2.24) is 0 Å². The molecule has 0 bridgehead atoms. The molecule has 172 valence electrons. The summed E-state index contributed by atoms with van der Waals surface area (Å²) in [6, 6.07) is 0. The van der Waals surface area contributed by atoms with Crippen LogP contribution in [0.1, 0.15) is 125 Å². The monoisotopic (exact) mass is 445 g/mol. The van der Waals surface area contributed by atoms with E-state index >= 15 is 0 Å². The molecule has 0 saturated carbocycles. The van der Waals surface area contributed by atoms with Gasteiger partial charge in [0.2, 0.25) is 0 Å². The SMILES string of the molecule is CC(C)(C)/C=[C](\[C+]=[C]([Al]([C](C)(C)C)[C](C)(C)C)C(C)(C)C)[Al]([C](C)(C)C)[C](C)(C)C. The lowest BCUT2D eigenvalue weighted by atomic mass is 9.93. The maximum absolute atomic E-state index is 4.28. The van der Waals surface area contributed by atoms with Crippen LogP contribution >= 0.6 is 0 Å². The van der Waals surface area contributed by atoms with E-state index in [1.807, 2.05) is 0 Å². The van der Waals surface area contributed by atoms with Gasteiger partial charge in [0.1, 0.15) is 0 Å². The highest BCUT2D eigenvalue weighted by Crippen LogP contribution is 2.51. The fraction of sp³-hybridized carbons (Fsp3) is 0.857. The minimum Gasteiger partial charge on any atom is -0.0720 e. The van der Waals surface area contributed by atoms with E-state index in [2.05, 4.69) is 137 Å². The van der Waals surface area contributed by atoms with E-state index in [0.717, 1.165) is 0 Å². The topological polar surface area (TPSA) is 0 Å². The van der Waals surface area contributed by atoms with Gasteiger partial charge in [-0.25, -0.2) is 0 Å². The molecule has 0 aliphatic rings. The summed E-state index contributed by atoms with van der Waals surface area (Å²) < 4.78 is 4.47. The van der Waals surface area contributed by atoms with Crippen LogP contribution in [0.15, 0.2) is 14.9 Å². The number of rotatable bonds is 3. The van der Waals surface area contributed by atoms with Crippen molar-refractivity contribution < 1.29 is 0 Å². The molecule has 0 unspecified atom stereocenters. The Labute approximate surface area is 201 Å². The van der Waals surface area contributed by atoms with Gasteiger partial charge in [-0.15, -0.1) is 0 Å². The highest BCUT2D eigenvalue weighted by molar-refractivity contribution is 6.75. The quantitative estimate of drug-likeness (QED) is 0.230. The van der Waals surface area contributed by atoms with Crippen molar-refractivity contribution in [2.45, 2.75) is 142 Å². The molecule has 0 aromatic rings. The fourth-order valence-corrected chi connectivity index (χ4v) is 17.0. The van der Waals surface area contributed by atoms with E-state index in [1.165, 1.54) is 0 Å². The van der Waals surface area contributed by atoms with Gasteiger partial charge in [-0.2, -0.15) is 0 Å². The van der Waals surface area contributed by atoms with Crippen LogP contribution < -0.4 is 0 Å². The molecule has 0 aromatic carbocycles. The average molecular weight is 446 g/mol. The Kier molecular flexibility index (Phi) is 9.51. The normalized spacial score (nSPS) is 15.8. The largest absolute Gasteiger partial charge is 0.401 e. The molecule has 0 amide bonds. The van der Waals surface area contributed by atoms with E-state index in [0.29, 0.717) is 17.1 Å². The van der Waals surface area contributed by atoms with E-state index in [9.17, 15) is 0 Å². The minimum atomic E-state index is -1.35. The van der Waals surface area contributed by atoms with Crippen molar-refractivity contribution in [3.05, 3.63) is 21.0 Å². The summed E-state index contributed by atoms with van der Waals surface area (Å²) in [6.07, 6.45) is 6.86. The van der Waals surface area contributed by atoms with Crippen molar-refractivity contribution in [1.29, 1.82) is 0 Å². The lowest BCUT2D eigenvalue weighted by Crippen LogP contribution is -2.43. The van der Waals surface area contributed by atoms with Crippen LogP contribution in [0.5, 0.6) is 0 Å². The molecule has 0 fully saturated rings. The Morgan fingerprint density at radius 2 is 0.800 bits per heavy atom. The van der Waals surface area contributed by atoms with Crippen LogP contribution in [0.3, 0.4) is 0 Å². The Balaban J connectivity index is 7.33. The van der Waals surface area contributed by atoms with Gasteiger partial charge in [-0.05, 0) is 26.2 Å². The average Bonchev–Trinajstić information content (AvgIpc) is 2.26. The lowest BCUT2D eigenvalue weighted by Gasteiger charge is -2.40. The molecule has 0 aliphatic heterocycles. The summed E-state index contributed by atoms with van der Waals surface area (Å²) in [6.45, 7) is 43.9. The first-order valence-corrected chi connectivity index (χ1v) is 15.5. The van der Waals surface area contributed by atoms with Crippen LogP contribution in [0.25, 0.3) is 0 Å². The predicted molar refractivity (Wildman–Crippen MR) is 144 cm³/mol. The van der Waals surface area contributed by atoms with Gasteiger partial charge in [0, 0.05) is 15.9 Å². The summed E-state index contributed by atoms with van der Waals surface area (Å²) in [5.41, 5.74) is 0.302. The molecule has 0 N–H and O–H groups in total. The second-order valence-electron chi connectivity index (χ2n) is 16.1. The molecular weight excluding hydrogens is 390 g/mol. The zero-order valence-electron chi connectivity index (χ0n) is 24.2. The molecule has 0 heterocycles. The molecule has 0 aromatic heterocycles. The van der Waals surface area contributed by atoms with Crippen LogP contribution in [0.4, 0.5) is 0 Å². The summed E-state index contributed by atoms with van der Waals surface area (Å²) in [7, 11) is 0. The third kappa shape index (κ3) is 9.52. The summed E-state index contributed by atoms with van der Waals surface area (Å²) in [4.78, 5) is 0. The lowest BCUT2D eigenvalue weighted by molar-refractivity contribution is 0.507. The zero-order valence-corrected chi connectivity index (χ0v) is 26.5. The van der Waals surface area contributed by atoms with Crippen molar-refractivity contribution in [2.24, 2.45) is 10.8 Å². The van der Waals surface area contributed by atoms with Gasteiger partial charge in [0.15, 0.2) is 0 Å². The van der Waals surface area contributed by atoms with E-state index in [4.69, 9.17) is 0 Å². The van der Waals surface area contributed by atoms with Gasteiger partial charge in [-0.1, -0.05) is 121 Å². The van der Waals surface area contributed by atoms with Crippen molar-refractivity contribution >= 4 is 28.3 Å². The molecule has 30 heavy (non-hydrogen) atoms. The fourth-order valence-electron chi connectivity index (χ4n) is 5.90. The number of hydrogen-bond donors (Lipinski definition) is 0. The third-order valence-corrected chi connectivity index (χ3v) is 15.2. The van der Waals surface area contributed by atoms with E-state index in [1.54, 1.807) is 8.87 Å². The maximum atomic E-state index is 4.28. The first kappa shape index (κ1) is 30.5. The zero-order chi connectivity index (χ0) is 24.7. The Morgan fingerprint density at radius 3 is 1.00 bits per heavy atom. The predicted octanol–water partition coefficient (Wildman–Crippen LogP) is 10.0. The molecule has 0 radical (unpaired) electrons. The smallest absolute Gasteiger partial charge is 0.0720 e. The van der Waals surface area contributed by atoms with Gasteiger partial charge in [0.05, 0.1) is 10.5 Å². The van der Waals surface area contributed by atoms with Crippen molar-refractivity contribution in [3.63, 3.8) is 0 Å². The van der Waals surface area contributed by atoms with E-state index < -0.39 is 28.3 Å². The van der Waals surface area contributed by atoms with Gasteiger partial charge in [-0.3, -0.25) is 0 Å². The molecule has 0 aliphatic carbocycles. The first-order valence-electron chi connectivity index (χ1n) is 12.1. The summed E-state index contributed by atoms with van der Waals surface area (Å²) in [5, 5.41) is 0. The summed E-state index contributed by atoms with van der Waals surface area (Å²) in [5.74, 6) is 0. The Hall–Kier alpha value is 0.455. The van der Waals surface area contributed by atoms with Gasteiger partial charge < -0.3 is 0 Å². The number of allylic oxidation sites excluding steroid dienone is 4. The van der Waals surface area contributed by atoms with Crippen molar-refractivity contribution in [3.8, 4) is 0 Å². The molecule has 0 saturated heterocycles. The highest BCUT2D eigenvalue weighted by atomic mass is 27.2. The molecule has 0 nitrogen and oxygen atoms in total. The molecule has 0 rings (SSSR count). The van der Waals surface area contributed by atoms with Crippen LogP contribution in [-0.2, 0) is 0 Å². The third-order valence-electron chi connectivity index (χ3n) is 5.74. The maximum Gasteiger partial charge on any atom is 0.401 e. The summed E-state index contributed by atoms with van der Waals surface area (Å²) >= 11 is -2.69. The van der Waals surface area contributed by atoms with E-state index in [-0.39, 0.29) is 10.8 Å². The van der Waals surface area contributed by atoms with Crippen LogP contribution in [0, 0.1) is 16.9 Å². The first-order chi connectivity index (χ1) is 12.7. The van der Waals surface area contributed by atoms with Gasteiger partial charge >= 0.3 is 28.3 Å². The standard InChI is InChI=1S/C12H19.4C4H9.2Al/c1-11(2,3)9-7-8-10-12(4,5)6;4*1-4(2)3;;/h9H,1-6H3;4*1-3H3;;/q+1;;;;;;. The van der Waals surface area contributed by atoms with Crippen LogP contribution in [0.2, 0.25) is 17.1 Å². The highest BCUT2D eigenvalue weighted by Gasteiger charge is 2.53. The molecule has 2 heteroatoms. The Bertz CT molecular complexity index is 593. The second kappa shape index (κ2) is 9.37. The molecule has 0 spiro atoms.